The van der Waals surface area contributed by atoms with Crippen LogP contribution < -0.4 is 15.8 Å². The molecular formula is C14H22N2O3. The third-order valence-corrected chi connectivity index (χ3v) is 2.74. The van der Waals surface area contributed by atoms with Crippen LogP contribution in [0.5, 0.6) is 5.75 Å². The van der Waals surface area contributed by atoms with Gasteiger partial charge in [0.25, 0.3) is 0 Å². The lowest BCUT2D eigenvalue weighted by Crippen LogP contribution is -2.35. The number of carbonyl (C=O) groups excluding carboxylic acids is 1. The normalized spacial score (nSPS) is 11.1. The molecule has 0 aliphatic rings. The smallest absolute Gasteiger partial charge is 0.223 e. The average molecular weight is 266 g/mol. The van der Waals surface area contributed by atoms with E-state index in [2.05, 4.69) is 5.32 Å². The van der Waals surface area contributed by atoms with Crippen LogP contribution in [-0.4, -0.2) is 31.8 Å². The van der Waals surface area contributed by atoms with Crippen LogP contribution in [0.2, 0.25) is 0 Å². The van der Waals surface area contributed by atoms with E-state index in [9.17, 15) is 4.79 Å². The molecule has 0 radical (unpaired) electrons. The van der Waals surface area contributed by atoms with Crippen molar-refractivity contribution in [2.45, 2.75) is 25.9 Å². The Bertz CT molecular complexity index is 419. The Morgan fingerprint density at radius 2 is 2.05 bits per heavy atom. The van der Waals surface area contributed by atoms with Crippen molar-refractivity contribution < 1.29 is 14.3 Å². The highest BCUT2D eigenvalue weighted by Gasteiger charge is 2.20. The predicted octanol–water partition coefficient (Wildman–Crippen LogP) is 1.58. The first-order valence-corrected chi connectivity index (χ1v) is 6.24. The van der Waals surface area contributed by atoms with E-state index in [4.69, 9.17) is 15.2 Å². The van der Waals surface area contributed by atoms with Crippen LogP contribution in [0.4, 0.5) is 5.69 Å². The molecule has 1 amide bonds. The lowest BCUT2D eigenvalue weighted by molar-refractivity contribution is -0.126. The number of benzene rings is 1. The molecule has 0 bridgehead atoms. The molecule has 0 unspecified atom stereocenters. The zero-order valence-corrected chi connectivity index (χ0v) is 11.7. The van der Waals surface area contributed by atoms with Crippen LogP contribution in [0.3, 0.4) is 0 Å². The summed E-state index contributed by atoms with van der Waals surface area (Å²) in [5.74, 6) is 0.574. The number of hydrogen-bond donors (Lipinski definition) is 2. The first-order chi connectivity index (χ1) is 8.94. The van der Waals surface area contributed by atoms with E-state index in [1.54, 1.807) is 19.2 Å². The minimum Gasteiger partial charge on any atom is -0.490 e. The van der Waals surface area contributed by atoms with Crippen molar-refractivity contribution in [3.05, 3.63) is 24.3 Å². The molecule has 1 aromatic carbocycles. The monoisotopic (exact) mass is 266 g/mol. The number of nitrogen functional groups attached to an aromatic ring is 1. The Balaban J connectivity index is 2.25. The Morgan fingerprint density at radius 1 is 1.37 bits per heavy atom. The van der Waals surface area contributed by atoms with Crippen molar-refractivity contribution in [1.82, 2.24) is 5.32 Å². The molecule has 0 atom stereocenters. The first kappa shape index (κ1) is 15.3. The molecule has 0 heterocycles. The van der Waals surface area contributed by atoms with E-state index < -0.39 is 5.60 Å². The number of rotatable bonds is 7. The minimum absolute atomic E-state index is 0.0588. The van der Waals surface area contributed by atoms with Gasteiger partial charge in [0.2, 0.25) is 5.91 Å². The second-order valence-electron chi connectivity index (χ2n) is 4.88. The number of methoxy groups -OCH3 is 1. The Hall–Kier alpha value is -1.75. The fraction of sp³-hybridized carbons (Fsp3) is 0.500. The minimum atomic E-state index is -0.450. The van der Waals surface area contributed by atoms with E-state index in [0.717, 1.165) is 0 Å². The maximum atomic E-state index is 11.6. The Morgan fingerprint density at radius 3 is 2.68 bits per heavy atom. The molecule has 1 aromatic rings. The van der Waals surface area contributed by atoms with Crippen molar-refractivity contribution in [2.24, 2.45) is 0 Å². The third kappa shape index (κ3) is 5.61. The van der Waals surface area contributed by atoms with Gasteiger partial charge in [-0.3, -0.25) is 4.79 Å². The Kier molecular flexibility index (Phi) is 5.63. The molecule has 3 N–H and O–H groups in total. The van der Waals surface area contributed by atoms with Crippen molar-refractivity contribution in [3.63, 3.8) is 0 Å². The second-order valence-corrected chi connectivity index (χ2v) is 4.88. The number of nitrogens with two attached hydrogens (primary N) is 1. The van der Waals surface area contributed by atoms with Crippen molar-refractivity contribution in [2.75, 3.05) is 26.0 Å². The summed E-state index contributed by atoms with van der Waals surface area (Å²) >= 11 is 0. The summed E-state index contributed by atoms with van der Waals surface area (Å²) in [5, 5.41) is 2.78. The van der Waals surface area contributed by atoms with Crippen molar-refractivity contribution in [3.8, 4) is 5.75 Å². The topological polar surface area (TPSA) is 73.6 Å². The van der Waals surface area contributed by atoms with Gasteiger partial charge in [-0.2, -0.15) is 0 Å². The molecule has 0 aliphatic carbocycles. The number of amides is 1. The van der Waals surface area contributed by atoms with Gasteiger partial charge in [0, 0.05) is 7.11 Å². The predicted molar refractivity (Wildman–Crippen MR) is 75.1 cm³/mol. The van der Waals surface area contributed by atoms with Gasteiger partial charge in [-0.25, -0.2) is 0 Å². The van der Waals surface area contributed by atoms with Crippen LogP contribution in [0.15, 0.2) is 24.3 Å². The van der Waals surface area contributed by atoms with Crippen molar-refractivity contribution >= 4 is 11.6 Å². The summed E-state index contributed by atoms with van der Waals surface area (Å²) in [4.78, 5) is 11.6. The van der Waals surface area contributed by atoms with Gasteiger partial charge in [-0.15, -0.1) is 0 Å². The maximum absolute atomic E-state index is 11.6. The molecule has 0 aromatic heterocycles. The molecule has 0 aliphatic heterocycles. The Labute approximate surface area is 114 Å². The molecule has 0 saturated heterocycles. The molecular weight excluding hydrogens is 244 g/mol. The summed E-state index contributed by atoms with van der Waals surface area (Å²) in [7, 11) is 1.59. The average Bonchev–Trinajstić information content (AvgIpc) is 2.36. The van der Waals surface area contributed by atoms with Crippen LogP contribution in [0, 0.1) is 0 Å². The molecule has 19 heavy (non-hydrogen) atoms. The third-order valence-electron chi connectivity index (χ3n) is 2.74. The van der Waals surface area contributed by atoms with E-state index in [1.807, 2.05) is 26.0 Å². The summed E-state index contributed by atoms with van der Waals surface area (Å²) in [6.07, 6.45) is 0.316. The molecule has 0 fully saturated rings. The number of ether oxygens (including phenoxy) is 2. The maximum Gasteiger partial charge on any atom is 0.223 e. The highest BCUT2D eigenvalue weighted by Crippen LogP contribution is 2.19. The molecule has 5 nitrogen and oxygen atoms in total. The highest BCUT2D eigenvalue weighted by molar-refractivity contribution is 5.76. The van der Waals surface area contributed by atoms with E-state index >= 15 is 0 Å². The van der Waals surface area contributed by atoms with Gasteiger partial charge >= 0.3 is 0 Å². The largest absolute Gasteiger partial charge is 0.490 e. The number of anilines is 1. The van der Waals surface area contributed by atoms with Crippen LogP contribution in [0.1, 0.15) is 20.3 Å². The number of nitrogens with one attached hydrogen (secondary N) is 1. The lowest BCUT2D eigenvalue weighted by atomic mass is 10.1. The fourth-order valence-corrected chi connectivity index (χ4v) is 1.48. The lowest BCUT2D eigenvalue weighted by Gasteiger charge is -2.21. The van der Waals surface area contributed by atoms with E-state index in [0.29, 0.717) is 31.0 Å². The summed E-state index contributed by atoms with van der Waals surface area (Å²) in [6.45, 7) is 4.56. The first-order valence-electron chi connectivity index (χ1n) is 6.24. The van der Waals surface area contributed by atoms with Gasteiger partial charge < -0.3 is 20.5 Å². The second kappa shape index (κ2) is 6.99. The molecule has 106 valence electrons. The SMILES string of the molecule is COC(C)(C)CC(=O)NCCOc1ccccc1N. The van der Waals surface area contributed by atoms with Gasteiger partial charge in [-0.05, 0) is 26.0 Å². The molecule has 1 rings (SSSR count). The number of hydrogen-bond acceptors (Lipinski definition) is 4. The zero-order chi connectivity index (χ0) is 14.3. The summed E-state index contributed by atoms with van der Waals surface area (Å²) in [5.41, 5.74) is 5.88. The quantitative estimate of drug-likeness (QED) is 0.580. The van der Waals surface area contributed by atoms with E-state index in [1.165, 1.54) is 0 Å². The van der Waals surface area contributed by atoms with Crippen molar-refractivity contribution in [1.29, 1.82) is 0 Å². The number of para-hydroxylation sites is 2. The number of carbonyl (C=O) groups is 1. The standard InChI is InChI=1S/C14H22N2O3/c1-14(2,18-3)10-13(17)16-8-9-19-12-7-5-4-6-11(12)15/h4-7H,8-10,15H2,1-3H3,(H,16,17). The van der Waals surface area contributed by atoms with Crippen LogP contribution in [0.25, 0.3) is 0 Å². The van der Waals surface area contributed by atoms with Gasteiger partial charge in [0.15, 0.2) is 0 Å². The molecule has 5 heteroatoms. The van der Waals surface area contributed by atoms with Crippen LogP contribution in [-0.2, 0) is 9.53 Å². The fourth-order valence-electron chi connectivity index (χ4n) is 1.48. The summed E-state index contributed by atoms with van der Waals surface area (Å²) < 4.78 is 10.7. The summed E-state index contributed by atoms with van der Waals surface area (Å²) in [6, 6.07) is 7.27. The zero-order valence-electron chi connectivity index (χ0n) is 11.7. The highest BCUT2D eigenvalue weighted by atomic mass is 16.5. The van der Waals surface area contributed by atoms with Gasteiger partial charge in [-0.1, -0.05) is 12.1 Å². The van der Waals surface area contributed by atoms with Crippen LogP contribution >= 0.6 is 0 Å². The van der Waals surface area contributed by atoms with Gasteiger partial charge in [0.05, 0.1) is 24.3 Å². The molecule has 0 spiro atoms. The molecule has 0 saturated carbocycles. The van der Waals surface area contributed by atoms with E-state index in [-0.39, 0.29) is 5.91 Å². The van der Waals surface area contributed by atoms with Gasteiger partial charge in [0.1, 0.15) is 12.4 Å².